The Hall–Kier alpha value is -0.220. The maximum atomic E-state index is 10.4. The van der Waals surface area contributed by atoms with Crippen LogP contribution in [-0.4, -0.2) is 36.3 Å². The molecule has 0 bridgehead atoms. The summed E-state index contributed by atoms with van der Waals surface area (Å²) in [5.41, 5.74) is 0. The van der Waals surface area contributed by atoms with Crippen LogP contribution >= 0.6 is 11.8 Å². The molecule has 0 fully saturated rings. The minimum absolute atomic E-state index is 0.113. The Morgan fingerprint density at radius 2 is 2.44 bits per heavy atom. The lowest BCUT2D eigenvalue weighted by Crippen LogP contribution is -2.04. The third-order valence-corrected chi connectivity index (χ3v) is 1.59. The van der Waals surface area contributed by atoms with Gasteiger partial charge in [-0.1, -0.05) is 0 Å². The fourth-order valence-corrected chi connectivity index (χ4v) is 0.837. The maximum Gasteiger partial charge on any atom is 0.315 e. The average Bonchev–Trinajstić information content (AvgIpc) is 1.89. The van der Waals surface area contributed by atoms with Crippen LogP contribution in [0.4, 0.5) is 0 Å². The first-order chi connectivity index (χ1) is 4.31. The summed E-state index contributed by atoms with van der Waals surface area (Å²) in [5.74, 6) is 0.681. The summed E-state index contributed by atoms with van der Waals surface area (Å²) in [5, 5.41) is 8.28. The number of carbonyl (C=O) groups excluding carboxylic acids is 1. The molecule has 0 aromatic carbocycles. The van der Waals surface area contributed by atoms with Gasteiger partial charge in [0.15, 0.2) is 0 Å². The van der Waals surface area contributed by atoms with Crippen LogP contribution in [-0.2, 0) is 9.53 Å². The average molecular weight is 150 g/mol. The molecule has 0 atom stereocenters. The lowest BCUT2D eigenvalue weighted by molar-refractivity contribution is -0.137. The van der Waals surface area contributed by atoms with Gasteiger partial charge in [0.05, 0.1) is 19.5 Å². The second-order valence-electron chi connectivity index (χ2n) is 1.35. The highest BCUT2D eigenvalue weighted by Crippen LogP contribution is 1.97. The van der Waals surface area contributed by atoms with Gasteiger partial charge in [-0.15, -0.1) is 11.8 Å². The fraction of sp³-hybridized carbons (Fsp3) is 0.800. The molecule has 54 valence electrons. The minimum atomic E-state index is -0.242. The molecule has 0 aromatic rings. The molecule has 0 rings (SSSR count). The van der Waals surface area contributed by atoms with Gasteiger partial charge >= 0.3 is 5.97 Å². The molecule has 0 aliphatic carbocycles. The topological polar surface area (TPSA) is 46.5 Å². The van der Waals surface area contributed by atoms with Gasteiger partial charge in [-0.25, -0.2) is 0 Å². The number of rotatable bonds is 4. The molecular formula is C5H10O3S. The number of thioether (sulfide) groups is 1. The molecule has 0 saturated heterocycles. The summed E-state index contributed by atoms with van der Waals surface area (Å²) in [6.45, 7) is 0.113. The summed E-state index contributed by atoms with van der Waals surface area (Å²) in [4.78, 5) is 10.4. The molecule has 0 amide bonds. The molecule has 0 aliphatic heterocycles. The number of methoxy groups -OCH3 is 1. The third-order valence-electron chi connectivity index (χ3n) is 0.683. The number of carbonyl (C=O) groups is 1. The Balaban J connectivity index is 2.97. The smallest absolute Gasteiger partial charge is 0.315 e. The zero-order valence-electron chi connectivity index (χ0n) is 5.29. The first kappa shape index (κ1) is 8.78. The van der Waals surface area contributed by atoms with E-state index in [2.05, 4.69) is 4.74 Å². The molecule has 0 spiro atoms. The first-order valence-electron chi connectivity index (χ1n) is 2.56. The molecule has 0 aromatic heterocycles. The largest absolute Gasteiger partial charge is 0.468 e. The molecule has 3 nitrogen and oxygen atoms in total. The van der Waals surface area contributed by atoms with Crippen LogP contribution in [0.2, 0.25) is 0 Å². The highest BCUT2D eigenvalue weighted by molar-refractivity contribution is 7.99. The fourth-order valence-electron chi connectivity index (χ4n) is 0.279. The lowest BCUT2D eigenvalue weighted by Gasteiger charge is -1.95. The van der Waals surface area contributed by atoms with Crippen LogP contribution in [0.5, 0.6) is 0 Å². The predicted molar refractivity (Wildman–Crippen MR) is 36.4 cm³/mol. The molecule has 0 unspecified atom stereocenters. The number of aliphatic hydroxyl groups is 1. The predicted octanol–water partition coefficient (Wildman–Crippen LogP) is -0.115. The van der Waals surface area contributed by atoms with Crippen molar-refractivity contribution in [3.63, 3.8) is 0 Å². The van der Waals surface area contributed by atoms with Crippen molar-refractivity contribution in [2.24, 2.45) is 0 Å². The highest BCUT2D eigenvalue weighted by atomic mass is 32.2. The second kappa shape index (κ2) is 5.91. The number of aliphatic hydroxyl groups excluding tert-OH is 1. The van der Waals surface area contributed by atoms with E-state index in [4.69, 9.17) is 5.11 Å². The van der Waals surface area contributed by atoms with E-state index in [0.717, 1.165) is 0 Å². The van der Waals surface area contributed by atoms with Crippen molar-refractivity contribution in [3.05, 3.63) is 0 Å². The standard InChI is InChI=1S/C5H10O3S/c1-8-5(7)4-9-3-2-6/h6H,2-4H2,1H3. The van der Waals surface area contributed by atoms with Gasteiger partial charge in [-0.3, -0.25) is 4.79 Å². The molecule has 0 heterocycles. The van der Waals surface area contributed by atoms with E-state index in [1.165, 1.54) is 18.9 Å². The van der Waals surface area contributed by atoms with Gasteiger partial charge in [-0.2, -0.15) is 0 Å². The summed E-state index contributed by atoms with van der Waals surface area (Å²) in [6, 6.07) is 0. The molecule has 0 aliphatic rings. The van der Waals surface area contributed by atoms with Crippen LogP contribution in [0.1, 0.15) is 0 Å². The lowest BCUT2D eigenvalue weighted by atomic mass is 10.8. The zero-order valence-corrected chi connectivity index (χ0v) is 6.11. The summed E-state index contributed by atoms with van der Waals surface area (Å²) in [6.07, 6.45) is 0. The molecule has 9 heavy (non-hydrogen) atoms. The molecule has 0 saturated carbocycles. The zero-order chi connectivity index (χ0) is 7.11. The van der Waals surface area contributed by atoms with Crippen LogP contribution in [0, 0.1) is 0 Å². The van der Waals surface area contributed by atoms with E-state index < -0.39 is 0 Å². The quantitative estimate of drug-likeness (QED) is 0.448. The summed E-state index contributed by atoms with van der Waals surface area (Å²) >= 11 is 1.36. The molecule has 1 N–H and O–H groups in total. The van der Waals surface area contributed by atoms with E-state index >= 15 is 0 Å². The Morgan fingerprint density at radius 1 is 1.78 bits per heavy atom. The van der Waals surface area contributed by atoms with Crippen molar-refractivity contribution >= 4 is 17.7 Å². The number of ether oxygens (including phenoxy) is 1. The molecule has 4 heteroatoms. The van der Waals surface area contributed by atoms with Crippen LogP contribution in [0.25, 0.3) is 0 Å². The normalized spacial score (nSPS) is 9.11. The molecular weight excluding hydrogens is 140 g/mol. The Morgan fingerprint density at radius 3 is 2.89 bits per heavy atom. The van der Waals surface area contributed by atoms with Crippen LogP contribution < -0.4 is 0 Å². The van der Waals surface area contributed by atoms with Gasteiger partial charge in [-0.05, 0) is 0 Å². The number of hydrogen-bond acceptors (Lipinski definition) is 4. The van der Waals surface area contributed by atoms with E-state index in [0.29, 0.717) is 11.5 Å². The SMILES string of the molecule is COC(=O)CSCCO. The van der Waals surface area contributed by atoms with Crippen LogP contribution in [0.15, 0.2) is 0 Å². The van der Waals surface area contributed by atoms with Gasteiger partial charge in [0.1, 0.15) is 0 Å². The monoisotopic (exact) mass is 150 g/mol. The Bertz CT molecular complexity index is 84.3. The first-order valence-corrected chi connectivity index (χ1v) is 3.72. The summed E-state index contributed by atoms with van der Waals surface area (Å²) in [7, 11) is 1.35. The Kier molecular flexibility index (Phi) is 5.76. The van der Waals surface area contributed by atoms with E-state index in [1.54, 1.807) is 0 Å². The van der Waals surface area contributed by atoms with Crippen molar-refractivity contribution in [2.75, 3.05) is 25.2 Å². The van der Waals surface area contributed by atoms with Crippen molar-refractivity contribution in [1.29, 1.82) is 0 Å². The van der Waals surface area contributed by atoms with Crippen molar-refractivity contribution in [2.45, 2.75) is 0 Å². The third kappa shape index (κ3) is 5.65. The van der Waals surface area contributed by atoms with Gasteiger partial charge in [0.25, 0.3) is 0 Å². The summed E-state index contributed by atoms with van der Waals surface area (Å²) < 4.78 is 4.36. The number of esters is 1. The molecule has 0 radical (unpaired) electrons. The number of hydrogen-bond donors (Lipinski definition) is 1. The minimum Gasteiger partial charge on any atom is -0.468 e. The van der Waals surface area contributed by atoms with E-state index in [1.807, 2.05) is 0 Å². The van der Waals surface area contributed by atoms with Gasteiger partial charge < -0.3 is 9.84 Å². The Labute approximate surface area is 58.4 Å². The van der Waals surface area contributed by atoms with E-state index in [9.17, 15) is 4.79 Å². The van der Waals surface area contributed by atoms with Gasteiger partial charge in [0.2, 0.25) is 0 Å². The van der Waals surface area contributed by atoms with E-state index in [-0.39, 0.29) is 12.6 Å². The van der Waals surface area contributed by atoms with Crippen molar-refractivity contribution in [3.8, 4) is 0 Å². The van der Waals surface area contributed by atoms with Crippen molar-refractivity contribution < 1.29 is 14.6 Å². The second-order valence-corrected chi connectivity index (χ2v) is 2.46. The highest BCUT2D eigenvalue weighted by Gasteiger charge is 1.97. The van der Waals surface area contributed by atoms with Crippen LogP contribution in [0.3, 0.4) is 0 Å². The van der Waals surface area contributed by atoms with Gasteiger partial charge in [0, 0.05) is 5.75 Å². The van der Waals surface area contributed by atoms with Crippen molar-refractivity contribution in [1.82, 2.24) is 0 Å². The maximum absolute atomic E-state index is 10.4.